The van der Waals surface area contributed by atoms with Gasteiger partial charge < -0.3 is 16.2 Å². The summed E-state index contributed by atoms with van der Waals surface area (Å²) in [7, 11) is 1.65. The van der Waals surface area contributed by atoms with Crippen LogP contribution in [0.5, 0.6) is 5.75 Å². The Morgan fingerprint density at radius 2 is 1.93 bits per heavy atom. The van der Waals surface area contributed by atoms with Crippen LogP contribution in [0, 0.1) is 0 Å². The van der Waals surface area contributed by atoms with Crippen molar-refractivity contribution in [1.29, 1.82) is 0 Å². The lowest BCUT2D eigenvalue weighted by molar-refractivity contribution is 0.414. The summed E-state index contributed by atoms with van der Waals surface area (Å²) < 4.78 is 5.08. The molecular weight excluding hydrogens is 190 g/mol. The van der Waals surface area contributed by atoms with Gasteiger partial charge in [-0.15, -0.1) is 0 Å². The lowest BCUT2D eigenvalue weighted by Crippen LogP contribution is -2.23. The largest absolute Gasteiger partial charge is 0.497 e. The van der Waals surface area contributed by atoms with E-state index in [2.05, 4.69) is 11.9 Å². The van der Waals surface area contributed by atoms with Crippen molar-refractivity contribution in [3.05, 3.63) is 29.8 Å². The smallest absolute Gasteiger partial charge is 0.185 e. The Bertz CT molecular complexity index is 328. The van der Waals surface area contributed by atoms with Crippen molar-refractivity contribution in [3.8, 4) is 5.75 Å². The van der Waals surface area contributed by atoms with Crippen molar-refractivity contribution >= 4 is 5.96 Å². The van der Waals surface area contributed by atoms with Crippen molar-refractivity contribution in [2.75, 3.05) is 13.7 Å². The molecule has 0 bridgehead atoms. The van der Waals surface area contributed by atoms with Crippen LogP contribution in [0.3, 0.4) is 0 Å². The SMILES string of the molecule is COc1ccc(C(C)CN=C(N)N)cc1. The summed E-state index contributed by atoms with van der Waals surface area (Å²) >= 11 is 0. The van der Waals surface area contributed by atoms with Crippen molar-refractivity contribution in [3.63, 3.8) is 0 Å². The van der Waals surface area contributed by atoms with Crippen LogP contribution in [0.2, 0.25) is 0 Å². The van der Waals surface area contributed by atoms with Crippen LogP contribution in [0.25, 0.3) is 0 Å². The maximum atomic E-state index is 5.27. The van der Waals surface area contributed by atoms with Crippen LogP contribution < -0.4 is 16.2 Å². The third-order valence-corrected chi connectivity index (χ3v) is 2.23. The fourth-order valence-electron chi connectivity index (χ4n) is 1.28. The maximum Gasteiger partial charge on any atom is 0.185 e. The molecule has 1 unspecified atom stereocenters. The van der Waals surface area contributed by atoms with Gasteiger partial charge in [0.2, 0.25) is 0 Å². The molecule has 4 N–H and O–H groups in total. The highest BCUT2D eigenvalue weighted by Crippen LogP contribution is 2.19. The van der Waals surface area contributed by atoms with Gasteiger partial charge in [-0.05, 0) is 17.7 Å². The Hall–Kier alpha value is -1.71. The summed E-state index contributed by atoms with van der Waals surface area (Å²) in [4.78, 5) is 3.98. The van der Waals surface area contributed by atoms with Gasteiger partial charge >= 0.3 is 0 Å². The van der Waals surface area contributed by atoms with Crippen molar-refractivity contribution in [2.45, 2.75) is 12.8 Å². The minimum atomic E-state index is 0.135. The van der Waals surface area contributed by atoms with Gasteiger partial charge in [-0.2, -0.15) is 0 Å². The number of nitrogens with two attached hydrogens (primary N) is 2. The molecule has 15 heavy (non-hydrogen) atoms. The van der Waals surface area contributed by atoms with Gasteiger partial charge in [0.1, 0.15) is 5.75 Å². The first-order valence-electron chi connectivity index (χ1n) is 4.83. The molecule has 0 saturated carbocycles. The summed E-state index contributed by atoms with van der Waals surface area (Å²) in [6, 6.07) is 7.90. The molecule has 0 aliphatic rings. The molecule has 0 amide bonds. The van der Waals surface area contributed by atoms with E-state index in [1.807, 2.05) is 24.3 Å². The number of hydrogen-bond donors (Lipinski definition) is 2. The van der Waals surface area contributed by atoms with Gasteiger partial charge in [-0.25, -0.2) is 0 Å². The van der Waals surface area contributed by atoms with Gasteiger partial charge in [-0.3, -0.25) is 4.99 Å². The van der Waals surface area contributed by atoms with Crippen molar-refractivity contribution < 1.29 is 4.74 Å². The zero-order valence-electron chi connectivity index (χ0n) is 9.10. The topological polar surface area (TPSA) is 73.6 Å². The minimum absolute atomic E-state index is 0.135. The predicted octanol–water partition coefficient (Wildman–Crippen LogP) is 1.07. The molecular formula is C11H17N3O. The van der Waals surface area contributed by atoms with E-state index in [0.29, 0.717) is 12.5 Å². The van der Waals surface area contributed by atoms with E-state index in [9.17, 15) is 0 Å². The Morgan fingerprint density at radius 1 is 1.33 bits per heavy atom. The molecule has 0 fully saturated rings. The molecule has 0 spiro atoms. The van der Waals surface area contributed by atoms with Crippen LogP contribution in [0.1, 0.15) is 18.4 Å². The first-order chi connectivity index (χ1) is 7.13. The molecule has 0 aliphatic heterocycles. The van der Waals surface area contributed by atoms with Gasteiger partial charge in [0.05, 0.1) is 7.11 Å². The number of nitrogens with zero attached hydrogens (tertiary/aromatic N) is 1. The summed E-state index contributed by atoms with van der Waals surface area (Å²) in [5.41, 5.74) is 11.7. The van der Waals surface area contributed by atoms with E-state index >= 15 is 0 Å². The van der Waals surface area contributed by atoms with Crippen LogP contribution in [-0.2, 0) is 0 Å². The molecule has 0 saturated heterocycles. The molecule has 0 radical (unpaired) electrons. The van der Waals surface area contributed by atoms with Crippen molar-refractivity contribution in [1.82, 2.24) is 0 Å². The van der Waals surface area contributed by atoms with E-state index in [1.54, 1.807) is 7.11 Å². The van der Waals surface area contributed by atoms with E-state index < -0.39 is 0 Å². The normalized spacial score (nSPS) is 11.9. The van der Waals surface area contributed by atoms with Crippen LogP contribution in [0.15, 0.2) is 29.3 Å². The molecule has 1 atom stereocenters. The molecule has 82 valence electrons. The number of guanidine groups is 1. The average Bonchev–Trinajstić information content (AvgIpc) is 2.26. The van der Waals surface area contributed by atoms with Gasteiger partial charge in [0.15, 0.2) is 5.96 Å². The molecule has 1 aromatic rings. The van der Waals surface area contributed by atoms with E-state index in [4.69, 9.17) is 16.2 Å². The summed E-state index contributed by atoms with van der Waals surface area (Å²) in [6.45, 7) is 2.68. The van der Waals surface area contributed by atoms with Gasteiger partial charge in [-0.1, -0.05) is 19.1 Å². The molecule has 0 aliphatic carbocycles. The second kappa shape index (κ2) is 5.24. The molecule has 4 nitrogen and oxygen atoms in total. The molecule has 1 aromatic carbocycles. The Kier molecular flexibility index (Phi) is 3.97. The highest BCUT2D eigenvalue weighted by atomic mass is 16.5. The Labute approximate surface area is 89.9 Å². The number of hydrogen-bond acceptors (Lipinski definition) is 2. The fourth-order valence-corrected chi connectivity index (χ4v) is 1.28. The van der Waals surface area contributed by atoms with Crippen LogP contribution in [-0.4, -0.2) is 19.6 Å². The first kappa shape index (κ1) is 11.4. The molecule has 0 aromatic heterocycles. The lowest BCUT2D eigenvalue weighted by atomic mass is 10.0. The third kappa shape index (κ3) is 3.50. The van der Waals surface area contributed by atoms with E-state index in [0.717, 1.165) is 5.75 Å². The quantitative estimate of drug-likeness (QED) is 0.573. The Balaban J connectivity index is 2.65. The molecule has 1 rings (SSSR count). The van der Waals surface area contributed by atoms with Gasteiger partial charge in [0, 0.05) is 12.5 Å². The maximum absolute atomic E-state index is 5.27. The highest BCUT2D eigenvalue weighted by Gasteiger charge is 2.04. The summed E-state index contributed by atoms with van der Waals surface area (Å²) in [5, 5.41) is 0. The monoisotopic (exact) mass is 207 g/mol. The first-order valence-corrected chi connectivity index (χ1v) is 4.83. The summed E-state index contributed by atoms with van der Waals surface area (Å²) in [5.74, 6) is 1.29. The molecule has 4 heteroatoms. The number of aliphatic imine (C=N–C) groups is 1. The van der Waals surface area contributed by atoms with E-state index in [-0.39, 0.29) is 5.96 Å². The number of ether oxygens (including phenoxy) is 1. The summed E-state index contributed by atoms with van der Waals surface area (Å²) in [6.07, 6.45) is 0. The Morgan fingerprint density at radius 3 is 2.40 bits per heavy atom. The fraction of sp³-hybridized carbons (Fsp3) is 0.364. The van der Waals surface area contributed by atoms with Crippen LogP contribution >= 0.6 is 0 Å². The zero-order chi connectivity index (χ0) is 11.3. The van der Waals surface area contributed by atoms with Crippen molar-refractivity contribution in [2.24, 2.45) is 16.5 Å². The number of methoxy groups -OCH3 is 1. The number of rotatable bonds is 4. The van der Waals surface area contributed by atoms with Crippen LogP contribution in [0.4, 0.5) is 0 Å². The average molecular weight is 207 g/mol. The highest BCUT2D eigenvalue weighted by molar-refractivity contribution is 5.75. The second-order valence-corrected chi connectivity index (χ2v) is 3.44. The third-order valence-electron chi connectivity index (χ3n) is 2.23. The van der Waals surface area contributed by atoms with Gasteiger partial charge in [0.25, 0.3) is 0 Å². The lowest BCUT2D eigenvalue weighted by Gasteiger charge is -2.09. The second-order valence-electron chi connectivity index (χ2n) is 3.44. The molecule has 0 heterocycles. The predicted molar refractivity (Wildman–Crippen MR) is 62.1 cm³/mol. The van der Waals surface area contributed by atoms with E-state index in [1.165, 1.54) is 5.56 Å². The standard InChI is InChI=1S/C11H17N3O/c1-8(7-14-11(12)13)9-3-5-10(15-2)6-4-9/h3-6,8H,7H2,1-2H3,(H4,12,13,14). The minimum Gasteiger partial charge on any atom is -0.497 e. The number of benzene rings is 1. The zero-order valence-corrected chi connectivity index (χ0v) is 9.10.